The highest BCUT2D eigenvalue weighted by atomic mass is 32.3. The summed E-state index contributed by atoms with van der Waals surface area (Å²) in [6.45, 7) is 6.53. The van der Waals surface area contributed by atoms with E-state index in [1.165, 1.54) is 19.2 Å². The highest BCUT2D eigenvalue weighted by molar-refractivity contribution is 7.80. The number of thiazole rings is 1. The van der Waals surface area contributed by atoms with Gasteiger partial charge in [-0.25, -0.2) is 14.8 Å². The number of aromatic nitrogens is 2. The number of nitrogens with zero attached hydrogens (tertiary/aromatic N) is 5. The van der Waals surface area contributed by atoms with Crippen LogP contribution in [-0.2, 0) is 33.9 Å². The van der Waals surface area contributed by atoms with Gasteiger partial charge in [0.05, 0.1) is 17.0 Å². The molecule has 3 aromatic rings. The number of nitrogens with one attached hydrogen (secondary N) is 1. The van der Waals surface area contributed by atoms with Crippen molar-refractivity contribution < 1.29 is 46.3 Å². The zero-order valence-electron chi connectivity index (χ0n) is 27.2. The molecule has 2 saturated heterocycles. The number of carbonyl (C=O) groups is 3. The first-order valence-corrected chi connectivity index (χ1v) is 17.8. The summed E-state index contributed by atoms with van der Waals surface area (Å²) in [6, 6.07) is 8.97. The summed E-state index contributed by atoms with van der Waals surface area (Å²) >= 11 is 0.988. The maximum absolute atomic E-state index is 13.4. The summed E-state index contributed by atoms with van der Waals surface area (Å²) < 4.78 is 41.4. The summed E-state index contributed by atoms with van der Waals surface area (Å²) in [5.74, 6) is -2.44. The van der Waals surface area contributed by atoms with Crippen LogP contribution in [0.1, 0.15) is 32.4 Å². The van der Waals surface area contributed by atoms with Crippen molar-refractivity contribution >= 4 is 67.0 Å². The zero-order valence-corrected chi connectivity index (χ0v) is 28.9. The quantitative estimate of drug-likeness (QED) is 0.0524. The topological polar surface area (TPSA) is 262 Å². The Morgan fingerprint density at radius 2 is 2.00 bits per heavy atom. The molecule has 0 spiro atoms. The molecule has 5 rings (SSSR count). The Morgan fingerprint density at radius 1 is 1.24 bits per heavy atom. The Bertz CT molecular complexity index is 1880. The molecule has 2 fully saturated rings. The van der Waals surface area contributed by atoms with Crippen molar-refractivity contribution in [1.82, 2.24) is 20.3 Å². The number of hydrogen-bond acceptors (Lipinski definition) is 16. The molecule has 0 bridgehead atoms. The lowest BCUT2D eigenvalue weighted by atomic mass is 9.74. The number of amides is 1. The second-order valence-electron chi connectivity index (χ2n) is 12.4. The van der Waals surface area contributed by atoms with E-state index in [0.717, 1.165) is 60.7 Å². The van der Waals surface area contributed by atoms with Gasteiger partial charge in [-0.15, -0.1) is 15.6 Å². The van der Waals surface area contributed by atoms with Crippen LogP contribution < -0.4 is 26.4 Å². The van der Waals surface area contributed by atoms with Gasteiger partial charge < -0.3 is 36.4 Å². The molecule has 2 aliphatic heterocycles. The molecule has 0 saturated carbocycles. The highest BCUT2D eigenvalue weighted by Crippen LogP contribution is 2.40. The number of fused-ring (bicyclic) bond motifs is 1. The molecule has 2 aromatic heterocycles. The predicted molar refractivity (Wildman–Crippen MR) is 182 cm³/mol. The number of rotatable bonds is 18. The van der Waals surface area contributed by atoms with Crippen molar-refractivity contribution in [3.05, 3.63) is 41.4 Å². The average molecular weight is 735 g/mol. The summed E-state index contributed by atoms with van der Waals surface area (Å²) in [7, 11) is -4.99. The summed E-state index contributed by atoms with van der Waals surface area (Å²) in [4.78, 5) is 54.5. The first-order chi connectivity index (χ1) is 23.7. The van der Waals surface area contributed by atoms with E-state index >= 15 is 0 Å². The Balaban J connectivity index is 1.27. The van der Waals surface area contributed by atoms with E-state index in [9.17, 15) is 27.9 Å². The van der Waals surface area contributed by atoms with Gasteiger partial charge >= 0.3 is 16.4 Å². The van der Waals surface area contributed by atoms with Gasteiger partial charge in [0.2, 0.25) is 0 Å². The normalized spacial score (nSPS) is 18.3. The maximum atomic E-state index is 13.4. The molecule has 2 aliphatic rings. The van der Waals surface area contributed by atoms with Crippen LogP contribution in [0.25, 0.3) is 10.9 Å². The van der Waals surface area contributed by atoms with Gasteiger partial charge in [0.25, 0.3) is 12.0 Å². The fourth-order valence-electron chi connectivity index (χ4n) is 5.45. The van der Waals surface area contributed by atoms with E-state index in [2.05, 4.69) is 24.6 Å². The molecule has 18 nitrogen and oxygen atoms in total. The van der Waals surface area contributed by atoms with Crippen LogP contribution in [0.15, 0.2) is 40.9 Å². The Labute approximate surface area is 291 Å². The van der Waals surface area contributed by atoms with Crippen molar-refractivity contribution in [2.75, 3.05) is 50.0 Å². The van der Waals surface area contributed by atoms with Gasteiger partial charge in [0.1, 0.15) is 23.9 Å². The van der Waals surface area contributed by atoms with Crippen molar-refractivity contribution in [2.24, 2.45) is 22.7 Å². The van der Waals surface area contributed by atoms with E-state index in [4.69, 9.17) is 30.6 Å². The van der Waals surface area contributed by atoms with Crippen molar-refractivity contribution in [3.8, 4) is 5.75 Å². The van der Waals surface area contributed by atoms with Crippen LogP contribution in [-0.4, -0.2) is 107 Å². The van der Waals surface area contributed by atoms with Gasteiger partial charge in [-0.1, -0.05) is 5.16 Å². The molecule has 1 amide bonds. The Kier molecular flexibility index (Phi) is 11.2. The van der Waals surface area contributed by atoms with Gasteiger partial charge in [-0.05, 0) is 57.1 Å². The number of pyridine rings is 1. The maximum Gasteiger partial charge on any atom is 0.418 e. The number of carbonyl (C=O) groups excluding carboxylic acids is 2. The third kappa shape index (κ3) is 8.63. The van der Waals surface area contributed by atoms with E-state index in [1.54, 1.807) is 18.2 Å². The number of ether oxygens (including phenoxy) is 1. The monoisotopic (exact) mass is 734 g/mol. The third-order valence-corrected chi connectivity index (χ3v) is 9.37. The minimum absolute atomic E-state index is 0.0227. The average Bonchev–Trinajstić information content (AvgIpc) is 3.47. The lowest BCUT2D eigenvalue weighted by Crippen LogP contribution is -2.68. The number of nitrogens with two attached hydrogens (primary N) is 2. The van der Waals surface area contributed by atoms with Crippen LogP contribution in [0.5, 0.6) is 5.75 Å². The van der Waals surface area contributed by atoms with Crippen LogP contribution in [0, 0.1) is 11.8 Å². The molecule has 50 heavy (non-hydrogen) atoms. The van der Waals surface area contributed by atoms with Gasteiger partial charge in [0.15, 0.2) is 16.6 Å². The third-order valence-electron chi connectivity index (χ3n) is 8.36. The first kappa shape index (κ1) is 36.8. The smallest absolute Gasteiger partial charge is 0.418 e. The summed E-state index contributed by atoms with van der Waals surface area (Å²) in [5.41, 5.74) is 10.5. The van der Waals surface area contributed by atoms with E-state index in [0.29, 0.717) is 23.3 Å². The number of carboxylic acid groups (broad SMARTS) is 1. The van der Waals surface area contributed by atoms with E-state index in [-0.39, 0.29) is 10.8 Å². The number of Topliss-reactive ketones (excluding diaryl/α,β-unsaturated/α-hetero) is 1. The molecular weight excluding hydrogens is 697 g/mol. The number of hydrogen-bond donors (Lipinski definition) is 5. The highest BCUT2D eigenvalue weighted by Gasteiger charge is 2.57. The minimum atomic E-state index is -4.99. The SMILES string of the molecule is CC1(C)C(CC(=O)/C(=N\O[C@@H](COc2ccc3nc(N(CCCN)CC4CNC4)ccc3c2)C(=O)O)c2csc(N)n2)C(=O)N1OS(=O)(=O)O. The van der Waals surface area contributed by atoms with Gasteiger partial charge in [-0.3, -0.25) is 14.1 Å². The molecule has 2 atom stereocenters. The molecule has 0 radical (unpaired) electrons. The van der Waals surface area contributed by atoms with Crippen LogP contribution in [0.4, 0.5) is 10.9 Å². The molecular formula is C30H38N8O10S2. The molecule has 4 heterocycles. The van der Waals surface area contributed by atoms with Crippen LogP contribution in [0.2, 0.25) is 0 Å². The summed E-state index contributed by atoms with van der Waals surface area (Å²) in [6.07, 6.45) is -1.33. The fraction of sp³-hybridized carbons (Fsp3) is 0.467. The molecule has 270 valence electrons. The second kappa shape index (κ2) is 15.2. The number of aliphatic carboxylic acids is 1. The predicted octanol–water partition coefficient (Wildman–Crippen LogP) is 0.832. The number of anilines is 2. The number of oxime groups is 1. The number of β-lactam (4-membered cyclic amide) rings is 1. The van der Waals surface area contributed by atoms with Crippen molar-refractivity contribution in [3.63, 3.8) is 0 Å². The minimum Gasteiger partial charge on any atom is -0.489 e. The molecule has 20 heteroatoms. The standard InChI is InChI=1S/C30H38N8O10S2/c1-30(2)20(27(40)38(30)48-50(43,44)45)11-23(39)26(22-16-49-29(32)35-22)36-47-24(28(41)42)15-46-19-5-6-21-18(10-19)4-7-25(34-21)37(9-3-8-31)14-17-12-33-13-17/h4-7,10,16-17,20,24,33H,3,8-9,11-15,31H2,1-2H3,(H2,32,35)(H,41,42)(H,43,44,45)/b36-26-/t20?,24-/m0/s1. The van der Waals surface area contributed by atoms with E-state index in [1.807, 2.05) is 12.1 Å². The lowest BCUT2D eigenvalue weighted by Gasteiger charge is -2.50. The summed E-state index contributed by atoms with van der Waals surface area (Å²) in [5, 5.41) is 19.6. The number of ketones is 1. The van der Waals surface area contributed by atoms with Crippen molar-refractivity contribution in [1.29, 1.82) is 0 Å². The molecule has 0 aliphatic carbocycles. The largest absolute Gasteiger partial charge is 0.489 e. The zero-order chi connectivity index (χ0) is 36.2. The van der Waals surface area contributed by atoms with Crippen LogP contribution >= 0.6 is 11.3 Å². The number of carboxylic acids is 1. The van der Waals surface area contributed by atoms with Crippen molar-refractivity contribution in [2.45, 2.75) is 38.3 Å². The van der Waals surface area contributed by atoms with E-state index < -0.39 is 64.4 Å². The number of hydroxylamine groups is 2. The van der Waals surface area contributed by atoms with Gasteiger partial charge in [-0.2, -0.15) is 13.5 Å². The van der Waals surface area contributed by atoms with Gasteiger partial charge in [0, 0.05) is 49.3 Å². The Hall–Kier alpha value is -4.47. The molecule has 7 N–H and O–H groups in total. The molecule has 1 aromatic carbocycles. The number of nitrogen functional groups attached to an aromatic ring is 1. The first-order valence-electron chi connectivity index (χ1n) is 15.6. The lowest BCUT2D eigenvalue weighted by molar-refractivity contribution is -0.228. The number of benzene rings is 1. The Morgan fingerprint density at radius 3 is 2.60 bits per heavy atom. The fourth-order valence-corrected chi connectivity index (χ4v) is 6.45. The molecule has 1 unspecified atom stereocenters. The second-order valence-corrected chi connectivity index (χ2v) is 14.3. The van der Waals surface area contributed by atoms with Crippen LogP contribution in [0.3, 0.4) is 0 Å².